The molecule has 3 rings (SSSR count). The lowest BCUT2D eigenvalue weighted by molar-refractivity contribution is 0.0923. The molecule has 2 aliphatic heterocycles. The summed E-state index contributed by atoms with van der Waals surface area (Å²) in [6.45, 7) is 0. The van der Waals surface area contributed by atoms with Crippen molar-refractivity contribution in [3.05, 3.63) is 24.2 Å². The van der Waals surface area contributed by atoms with Crippen LogP contribution in [0, 0.1) is 0 Å². The maximum Gasteiger partial charge on any atom is 0.254 e. The Morgan fingerprint density at radius 2 is 2.06 bits per heavy atom. The van der Waals surface area contributed by atoms with E-state index in [0.29, 0.717) is 23.7 Å². The Bertz CT molecular complexity index is 368. The SMILES string of the molecule is Cl.O=C(NC1CC2CCC(C1)N2)c1ccoc1. The summed E-state index contributed by atoms with van der Waals surface area (Å²) in [4.78, 5) is 11.8. The first-order chi connectivity index (χ1) is 7.81. The summed E-state index contributed by atoms with van der Waals surface area (Å²) >= 11 is 0. The first kappa shape index (κ1) is 12.5. The van der Waals surface area contributed by atoms with Crippen LogP contribution in [-0.2, 0) is 0 Å². The molecule has 3 heterocycles. The first-order valence-corrected chi connectivity index (χ1v) is 5.90. The predicted octanol–water partition coefficient (Wildman–Crippen LogP) is 1.71. The standard InChI is InChI=1S/C12H16N2O2.ClH/c15-12(8-3-4-16-7-8)14-11-5-9-1-2-10(6-11)13-9;/h3-4,7,9-11,13H,1-2,5-6H2,(H,14,15);1H. The molecule has 0 aliphatic carbocycles. The Morgan fingerprint density at radius 3 is 2.65 bits per heavy atom. The van der Waals surface area contributed by atoms with Gasteiger partial charge in [0.1, 0.15) is 6.26 Å². The third kappa shape index (κ3) is 2.64. The molecule has 2 aliphatic rings. The van der Waals surface area contributed by atoms with Gasteiger partial charge < -0.3 is 15.1 Å². The second-order valence-corrected chi connectivity index (χ2v) is 4.79. The maximum atomic E-state index is 11.8. The molecule has 2 saturated heterocycles. The molecule has 2 bridgehead atoms. The second kappa shape index (κ2) is 5.10. The zero-order valence-electron chi connectivity index (χ0n) is 9.52. The van der Waals surface area contributed by atoms with Crippen molar-refractivity contribution < 1.29 is 9.21 Å². The van der Waals surface area contributed by atoms with Crippen LogP contribution >= 0.6 is 12.4 Å². The molecule has 1 aromatic heterocycles. The number of rotatable bonds is 2. The highest BCUT2D eigenvalue weighted by molar-refractivity contribution is 5.93. The average Bonchev–Trinajstić information content (AvgIpc) is 2.88. The van der Waals surface area contributed by atoms with Crippen LogP contribution in [0.25, 0.3) is 0 Å². The number of halogens is 1. The monoisotopic (exact) mass is 256 g/mol. The minimum absolute atomic E-state index is 0. The highest BCUT2D eigenvalue weighted by atomic mass is 35.5. The Kier molecular flexibility index (Phi) is 3.74. The number of carbonyl (C=O) groups is 1. The molecule has 0 spiro atoms. The van der Waals surface area contributed by atoms with E-state index in [4.69, 9.17) is 4.42 Å². The molecular formula is C12H17ClN2O2. The van der Waals surface area contributed by atoms with Gasteiger partial charge in [0.05, 0.1) is 11.8 Å². The largest absolute Gasteiger partial charge is 0.472 e. The van der Waals surface area contributed by atoms with Gasteiger partial charge in [0.2, 0.25) is 0 Å². The van der Waals surface area contributed by atoms with Gasteiger partial charge in [0, 0.05) is 18.1 Å². The molecule has 0 saturated carbocycles. The summed E-state index contributed by atoms with van der Waals surface area (Å²) in [7, 11) is 0. The summed E-state index contributed by atoms with van der Waals surface area (Å²) in [5, 5.41) is 6.64. The Labute approximate surface area is 107 Å². The van der Waals surface area contributed by atoms with Gasteiger partial charge in [0.15, 0.2) is 0 Å². The van der Waals surface area contributed by atoms with Crippen molar-refractivity contribution in [2.24, 2.45) is 0 Å². The summed E-state index contributed by atoms with van der Waals surface area (Å²) in [5.41, 5.74) is 0.617. The zero-order chi connectivity index (χ0) is 11.0. The molecule has 0 aromatic carbocycles. The van der Waals surface area contributed by atoms with Crippen LogP contribution in [0.15, 0.2) is 23.0 Å². The van der Waals surface area contributed by atoms with E-state index >= 15 is 0 Å². The fourth-order valence-electron chi connectivity index (χ4n) is 2.84. The van der Waals surface area contributed by atoms with Crippen molar-refractivity contribution in [2.75, 3.05) is 0 Å². The number of fused-ring (bicyclic) bond motifs is 2. The van der Waals surface area contributed by atoms with Crippen LogP contribution in [0.2, 0.25) is 0 Å². The summed E-state index contributed by atoms with van der Waals surface area (Å²) < 4.78 is 4.91. The Hall–Kier alpha value is -1.00. The van der Waals surface area contributed by atoms with Crippen LogP contribution in [0.4, 0.5) is 0 Å². The lowest BCUT2D eigenvalue weighted by atomic mass is 9.99. The van der Waals surface area contributed by atoms with E-state index in [2.05, 4.69) is 10.6 Å². The van der Waals surface area contributed by atoms with E-state index in [1.165, 1.54) is 25.4 Å². The zero-order valence-corrected chi connectivity index (χ0v) is 10.3. The minimum Gasteiger partial charge on any atom is -0.472 e. The van der Waals surface area contributed by atoms with E-state index in [9.17, 15) is 4.79 Å². The Morgan fingerprint density at radius 1 is 1.35 bits per heavy atom. The van der Waals surface area contributed by atoms with Crippen molar-refractivity contribution in [1.29, 1.82) is 0 Å². The fraction of sp³-hybridized carbons (Fsp3) is 0.583. The van der Waals surface area contributed by atoms with Crippen LogP contribution < -0.4 is 10.6 Å². The van der Waals surface area contributed by atoms with E-state index < -0.39 is 0 Å². The molecule has 5 heteroatoms. The van der Waals surface area contributed by atoms with Crippen LogP contribution in [0.5, 0.6) is 0 Å². The van der Waals surface area contributed by atoms with Gasteiger partial charge in [-0.3, -0.25) is 4.79 Å². The quantitative estimate of drug-likeness (QED) is 0.847. The minimum atomic E-state index is -0.0138. The third-order valence-electron chi connectivity index (χ3n) is 3.59. The predicted molar refractivity (Wildman–Crippen MR) is 66.4 cm³/mol. The number of piperidine rings is 1. The lowest BCUT2D eigenvalue weighted by Crippen LogP contribution is -2.47. The van der Waals surface area contributed by atoms with Gasteiger partial charge in [0.25, 0.3) is 5.91 Å². The van der Waals surface area contributed by atoms with Crippen molar-refractivity contribution in [3.8, 4) is 0 Å². The van der Waals surface area contributed by atoms with Crippen molar-refractivity contribution >= 4 is 18.3 Å². The molecule has 2 atom stereocenters. The number of amides is 1. The number of hydrogen-bond donors (Lipinski definition) is 2. The maximum absolute atomic E-state index is 11.8. The molecule has 1 aromatic rings. The summed E-state index contributed by atoms with van der Waals surface area (Å²) in [6, 6.07) is 3.23. The molecule has 94 valence electrons. The van der Waals surface area contributed by atoms with Gasteiger partial charge in [-0.05, 0) is 31.7 Å². The number of carbonyl (C=O) groups excluding carboxylic acids is 1. The van der Waals surface area contributed by atoms with Crippen LogP contribution in [0.1, 0.15) is 36.0 Å². The second-order valence-electron chi connectivity index (χ2n) is 4.79. The summed E-state index contributed by atoms with van der Waals surface area (Å²) in [5.74, 6) is -0.0138. The van der Waals surface area contributed by atoms with Crippen molar-refractivity contribution in [2.45, 2.75) is 43.8 Å². The number of hydrogen-bond acceptors (Lipinski definition) is 3. The van der Waals surface area contributed by atoms with E-state index in [1.807, 2.05) is 0 Å². The van der Waals surface area contributed by atoms with Gasteiger partial charge in [-0.2, -0.15) is 0 Å². The highest BCUT2D eigenvalue weighted by Crippen LogP contribution is 2.26. The Balaban J connectivity index is 0.00000108. The van der Waals surface area contributed by atoms with E-state index in [1.54, 1.807) is 6.07 Å². The first-order valence-electron chi connectivity index (χ1n) is 5.90. The van der Waals surface area contributed by atoms with Crippen LogP contribution in [-0.4, -0.2) is 24.0 Å². The molecule has 4 nitrogen and oxygen atoms in total. The molecular weight excluding hydrogens is 240 g/mol. The van der Waals surface area contributed by atoms with Crippen LogP contribution in [0.3, 0.4) is 0 Å². The fourth-order valence-corrected chi connectivity index (χ4v) is 2.84. The molecule has 2 N–H and O–H groups in total. The van der Waals surface area contributed by atoms with Crippen molar-refractivity contribution in [1.82, 2.24) is 10.6 Å². The molecule has 2 unspecified atom stereocenters. The molecule has 0 radical (unpaired) electrons. The normalized spacial score (nSPS) is 30.7. The van der Waals surface area contributed by atoms with E-state index in [0.717, 1.165) is 12.8 Å². The van der Waals surface area contributed by atoms with Gasteiger partial charge in [-0.1, -0.05) is 0 Å². The highest BCUT2D eigenvalue weighted by Gasteiger charge is 2.34. The van der Waals surface area contributed by atoms with Crippen molar-refractivity contribution in [3.63, 3.8) is 0 Å². The average molecular weight is 257 g/mol. The van der Waals surface area contributed by atoms with E-state index in [-0.39, 0.29) is 18.3 Å². The molecule has 1 amide bonds. The number of nitrogens with one attached hydrogen (secondary N) is 2. The van der Waals surface area contributed by atoms with Gasteiger partial charge in [-0.25, -0.2) is 0 Å². The third-order valence-corrected chi connectivity index (χ3v) is 3.59. The lowest BCUT2D eigenvalue weighted by Gasteiger charge is -2.29. The van der Waals surface area contributed by atoms with Gasteiger partial charge in [-0.15, -0.1) is 12.4 Å². The smallest absolute Gasteiger partial charge is 0.254 e. The molecule has 2 fully saturated rings. The number of furan rings is 1. The molecule has 17 heavy (non-hydrogen) atoms. The summed E-state index contributed by atoms with van der Waals surface area (Å²) in [6.07, 6.45) is 7.64. The van der Waals surface area contributed by atoms with Gasteiger partial charge >= 0.3 is 0 Å². The topological polar surface area (TPSA) is 54.3 Å².